The van der Waals surface area contributed by atoms with Crippen molar-refractivity contribution in [2.75, 3.05) is 6.61 Å². The van der Waals surface area contributed by atoms with E-state index in [1.54, 1.807) is 36.4 Å². The van der Waals surface area contributed by atoms with E-state index >= 15 is 0 Å². The molecule has 0 aliphatic heterocycles. The number of Topliss-reactive ketones (excluding diaryl/α,β-unsaturated/α-hetero) is 1. The van der Waals surface area contributed by atoms with E-state index in [1.165, 1.54) is 12.1 Å². The van der Waals surface area contributed by atoms with Crippen LogP contribution in [0.2, 0.25) is 5.02 Å². The molecule has 0 amide bonds. The van der Waals surface area contributed by atoms with Crippen molar-refractivity contribution in [3.8, 4) is 5.75 Å². The van der Waals surface area contributed by atoms with Gasteiger partial charge in [0.15, 0.2) is 6.61 Å². The molecule has 0 aliphatic rings. The second kappa shape index (κ2) is 7.75. The molecule has 0 N–H and O–H groups in total. The molecule has 5 heteroatoms. The Morgan fingerprint density at radius 2 is 1.85 bits per heavy atom. The first-order valence-electron chi connectivity index (χ1n) is 8.27. The Balaban J connectivity index is 1.74. The third-order valence-electron chi connectivity index (χ3n) is 4.29. The molecule has 2 aromatic carbocycles. The lowest BCUT2D eigenvalue weighted by molar-refractivity contribution is 0.0921. The summed E-state index contributed by atoms with van der Waals surface area (Å²) < 4.78 is 20.7. The average Bonchev–Trinajstić information content (AvgIpc) is 2.90. The minimum atomic E-state index is -0.260. The fourth-order valence-corrected chi connectivity index (χ4v) is 3.06. The quantitative estimate of drug-likeness (QED) is 0.557. The van der Waals surface area contributed by atoms with Crippen LogP contribution in [0.4, 0.5) is 4.39 Å². The van der Waals surface area contributed by atoms with Crippen molar-refractivity contribution in [3.63, 3.8) is 0 Å². The van der Waals surface area contributed by atoms with Crippen molar-refractivity contribution in [3.05, 3.63) is 88.0 Å². The van der Waals surface area contributed by atoms with Gasteiger partial charge in [-0.05, 0) is 55.8 Å². The number of halogens is 2. The van der Waals surface area contributed by atoms with Crippen LogP contribution in [-0.2, 0) is 6.54 Å². The largest absolute Gasteiger partial charge is 0.485 e. The van der Waals surface area contributed by atoms with Crippen molar-refractivity contribution in [1.29, 1.82) is 0 Å². The molecular weight excluding hydrogens is 353 g/mol. The summed E-state index contributed by atoms with van der Waals surface area (Å²) in [5, 5.41) is 0.562. The number of aromatic nitrogens is 1. The van der Waals surface area contributed by atoms with E-state index in [4.69, 9.17) is 16.3 Å². The van der Waals surface area contributed by atoms with Crippen molar-refractivity contribution in [1.82, 2.24) is 4.57 Å². The van der Waals surface area contributed by atoms with Gasteiger partial charge in [0, 0.05) is 28.5 Å². The van der Waals surface area contributed by atoms with E-state index in [1.807, 2.05) is 24.5 Å². The van der Waals surface area contributed by atoms with E-state index in [0.29, 0.717) is 22.9 Å². The summed E-state index contributed by atoms with van der Waals surface area (Å²) in [5.74, 6) is 0.207. The monoisotopic (exact) mass is 371 g/mol. The van der Waals surface area contributed by atoms with Crippen LogP contribution in [0.1, 0.15) is 27.3 Å². The summed E-state index contributed by atoms with van der Waals surface area (Å²) >= 11 is 5.92. The standard InChI is InChI=1S/C21H19ClFNO2/c1-14-10-20(21(25)13-26-19-5-3-4-17(22)11-19)15(2)24(14)12-16-6-8-18(23)9-7-16/h3-11H,12-13H2,1-2H3. The van der Waals surface area contributed by atoms with Gasteiger partial charge < -0.3 is 9.30 Å². The lowest BCUT2D eigenvalue weighted by atomic mass is 10.1. The molecule has 0 bridgehead atoms. The fourth-order valence-electron chi connectivity index (χ4n) is 2.88. The van der Waals surface area contributed by atoms with Gasteiger partial charge in [-0.3, -0.25) is 4.79 Å². The zero-order chi connectivity index (χ0) is 18.7. The highest BCUT2D eigenvalue weighted by Gasteiger charge is 2.16. The number of ether oxygens (including phenoxy) is 1. The number of carbonyl (C=O) groups excluding carboxylic acids is 1. The lowest BCUT2D eigenvalue weighted by Crippen LogP contribution is -2.13. The Bertz CT molecular complexity index is 932. The van der Waals surface area contributed by atoms with Crippen molar-refractivity contribution in [2.24, 2.45) is 0 Å². The molecular formula is C21H19ClFNO2. The maximum Gasteiger partial charge on any atom is 0.202 e. The van der Waals surface area contributed by atoms with Crippen molar-refractivity contribution < 1.29 is 13.9 Å². The van der Waals surface area contributed by atoms with E-state index in [2.05, 4.69) is 0 Å². The third-order valence-corrected chi connectivity index (χ3v) is 4.53. The Labute approximate surface area is 157 Å². The molecule has 0 aliphatic carbocycles. The van der Waals surface area contributed by atoms with Gasteiger partial charge in [0.1, 0.15) is 11.6 Å². The van der Waals surface area contributed by atoms with Crippen LogP contribution in [0.3, 0.4) is 0 Å². The minimum absolute atomic E-state index is 0.0544. The van der Waals surface area contributed by atoms with Crippen LogP contribution in [0.25, 0.3) is 0 Å². The SMILES string of the molecule is Cc1cc(C(=O)COc2cccc(Cl)c2)c(C)n1Cc1ccc(F)cc1. The number of ketones is 1. The third kappa shape index (κ3) is 4.14. The number of hydrogen-bond acceptors (Lipinski definition) is 2. The van der Waals surface area contributed by atoms with E-state index in [9.17, 15) is 9.18 Å². The zero-order valence-corrected chi connectivity index (χ0v) is 15.4. The molecule has 3 nitrogen and oxygen atoms in total. The first-order chi connectivity index (χ1) is 12.4. The Morgan fingerprint density at radius 1 is 1.12 bits per heavy atom. The molecule has 0 fully saturated rings. The molecule has 1 heterocycles. The Kier molecular flexibility index (Phi) is 5.43. The van der Waals surface area contributed by atoms with Gasteiger partial charge in [0.2, 0.25) is 5.78 Å². The van der Waals surface area contributed by atoms with Crippen LogP contribution in [-0.4, -0.2) is 17.0 Å². The van der Waals surface area contributed by atoms with Gasteiger partial charge in [0.25, 0.3) is 0 Å². The van der Waals surface area contributed by atoms with Crippen molar-refractivity contribution in [2.45, 2.75) is 20.4 Å². The van der Waals surface area contributed by atoms with Crippen LogP contribution in [0.5, 0.6) is 5.75 Å². The molecule has 0 radical (unpaired) electrons. The second-order valence-electron chi connectivity index (χ2n) is 6.17. The van der Waals surface area contributed by atoms with Gasteiger partial charge in [-0.25, -0.2) is 4.39 Å². The number of hydrogen-bond donors (Lipinski definition) is 0. The summed E-state index contributed by atoms with van der Waals surface area (Å²) in [6, 6.07) is 15.2. The number of benzene rings is 2. The molecule has 134 valence electrons. The molecule has 26 heavy (non-hydrogen) atoms. The van der Waals surface area contributed by atoms with Gasteiger partial charge in [0.05, 0.1) is 0 Å². The molecule has 0 atom stereocenters. The first kappa shape index (κ1) is 18.2. The van der Waals surface area contributed by atoms with Gasteiger partial charge in [-0.15, -0.1) is 0 Å². The second-order valence-corrected chi connectivity index (χ2v) is 6.60. The fraction of sp³-hybridized carbons (Fsp3) is 0.190. The van der Waals surface area contributed by atoms with Gasteiger partial charge >= 0.3 is 0 Å². The average molecular weight is 372 g/mol. The zero-order valence-electron chi connectivity index (χ0n) is 14.6. The normalized spacial score (nSPS) is 10.8. The summed E-state index contributed by atoms with van der Waals surface area (Å²) in [5.41, 5.74) is 3.44. The summed E-state index contributed by atoms with van der Waals surface area (Å²) in [6.45, 7) is 4.38. The van der Waals surface area contributed by atoms with Crippen LogP contribution < -0.4 is 4.74 Å². The van der Waals surface area contributed by atoms with E-state index in [0.717, 1.165) is 17.0 Å². The lowest BCUT2D eigenvalue weighted by Gasteiger charge is -2.10. The topological polar surface area (TPSA) is 31.2 Å². The number of carbonyl (C=O) groups is 1. The number of rotatable bonds is 6. The molecule has 1 aromatic heterocycles. The predicted molar refractivity (Wildman–Crippen MR) is 101 cm³/mol. The first-order valence-corrected chi connectivity index (χ1v) is 8.64. The number of aryl methyl sites for hydroxylation is 1. The summed E-state index contributed by atoms with van der Waals surface area (Å²) in [7, 11) is 0. The van der Waals surface area contributed by atoms with Crippen LogP contribution in [0, 0.1) is 19.7 Å². The minimum Gasteiger partial charge on any atom is -0.485 e. The molecule has 3 rings (SSSR count). The van der Waals surface area contributed by atoms with Crippen molar-refractivity contribution >= 4 is 17.4 Å². The molecule has 0 unspecified atom stereocenters. The summed E-state index contributed by atoms with van der Waals surface area (Å²) in [6.07, 6.45) is 0. The van der Waals surface area contributed by atoms with Crippen LogP contribution >= 0.6 is 11.6 Å². The molecule has 3 aromatic rings. The molecule has 0 saturated carbocycles. The maximum atomic E-state index is 13.1. The Morgan fingerprint density at radius 3 is 2.54 bits per heavy atom. The van der Waals surface area contributed by atoms with Gasteiger partial charge in [-0.1, -0.05) is 29.8 Å². The maximum absolute atomic E-state index is 13.1. The Hall–Kier alpha value is -2.59. The van der Waals surface area contributed by atoms with Gasteiger partial charge in [-0.2, -0.15) is 0 Å². The molecule has 0 spiro atoms. The van der Waals surface area contributed by atoms with E-state index < -0.39 is 0 Å². The smallest absolute Gasteiger partial charge is 0.202 e. The van der Waals surface area contributed by atoms with Crippen LogP contribution in [0.15, 0.2) is 54.6 Å². The summed E-state index contributed by atoms with van der Waals surface area (Å²) in [4.78, 5) is 12.6. The highest BCUT2D eigenvalue weighted by molar-refractivity contribution is 6.30. The molecule has 0 saturated heterocycles. The predicted octanol–water partition coefficient (Wildman–Crippen LogP) is 5.21. The van der Waals surface area contributed by atoms with E-state index in [-0.39, 0.29) is 18.2 Å². The highest BCUT2D eigenvalue weighted by atomic mass is 35.5. The number of nitrogens with zero attached hydrogens (tertiary/aromatic N) is 1. The highest BCUT2D eigenvalue weighted by Crippen LogP contribution is 2.20.